The van der Waals surface area contributed by atoms with Crippen molar-refractivity contribution in [1.29, 1.82) is 0 Å². The van der Waals surface area contributed by atoms with E-state index in [2.05, 4.69) is 4.98 Å². The van der Waals surface area contributed by atoms with E-state index in [0.29, 0.717) is 11.3 Å². The summed E-state index contributed by atoms with van der Waals surface area (Å²) in [6.45, 7) is 1.71. The lowest BCUT2D eigenvalue weighted by Crippen LogP contribution is -2.31. The molecule has 1 aliphatic heterocycles. The van der Waals surface area contributed by atoms with Crippen LogP contribution in [0.4, 0.5) is 5.69 Å². The topological polar surface area (TPSA) is 70.5 Å². The van der Waals surface area contributed by atoms with Gasteiger partial charge in [-0.25, -0.2) is 0 Å². The van der Waals surface area contributed by atoms with Crippen molar-refractivity contribution in [2.24, 2.45) is 0 Å². The van der Waals surface area contributed by atoms with Crippen molar-refractivity contribution >= 4 is 17.4 Å². The molecule has 2 aromatic rings. The Morgan fingerprint density at radius 1 is 1.22 bits per heavy atom. The molecule has 1 aromatic heterocycles. The summed E-state index contributed by atoms with van der Waals surface area (Å²) in [6.07, 6.45) is 3.44. The summed E-state index contributed by atoms with van der Waals surface area (Å²) in [7, 11) is 0. The van der Waals surface area contributed by atoms with Crippen LogP contribution in [0.5, 0.6) is 0 Å². The maximum atomic E-state index is 12.6. The normalized spacial score (nSPS) is 17.7. The zero-order valence-corrected chi connectivity index (χ0v) is 12.6. The van der Waals surface area contributed by atoms with Crippen LogP contribution in [-0.4, -0.2) is 21.8 Å². The number of aliphatic hydroxyl groups excluding tert-OH is 1. The largest absolute Gasteiger partial charge is 0.503 e. The number of anilines is 1. The molecule has 1 unspecified atom stereocenters. The number of para-hydroxylation sites is 1. The fraction of sp³-hybridized carbons (Fsp3) is 0.167. The average molecular weight is 308 g/mol. The van der Waals surface area contributed by atoms with Crippen LogP contribution in [0.1, 0.15) is 24.9 Å². The lowest BCUT2D eigenvalue weighted by Gasteiger charge is -2.26. The number of aromatic nitrogens is 1. The lowest BCUT2D eigenvalue weighted by molar-refractivity contribution is -0.118. The number of aliphatic hydroxyl groups is 1. The van der Waals surface area contributed by atoms with E-state index in [-0.39, 0.29) is 17.8 Å². The minimum Gasteiger partial charge on any atom is -0.503 e. The van der Waals surface area contributed by atoms with Crippen molar-refractivity contribution < 1.29 is 14.7 Å². The van der Waals surface area contributed by atoms with E-state index in [1.807, 2.05) is 6.07 Å². The molecule has 1 aromatic carbocycles. The van der Waals surface area contributed by atoms with Crippen LogP contribution in [0.15, 0.2) is 66.2 Å². The minimum absolute atomic E-state index is 0.134. The van der Waals surface area contributed by atoms with Gasteiger partial charge >= 0.3 is 0 Å². The van der Waals surface area contributed by atoms with E-state index < -0.39 is 17.7 Å². The van der Waals surface area contributed by atoms with Crippen molar-refractivity contribution in [3.8, 4) is 0 Å². The van der Waals surface area contributed by atoms with Crippen molar-refractivity contribution in [2.75, 3.05) is 4.90 Å². The Labute approximate surface area is 133 Å². The first-order chi connectivity index (χ1) is 11.1. The number of carbonyl (C=O) groups is 2. The third-order valence-electron chi connectivity index (χ3n) is 3.86. The molecular weight excluding hydrogens is 292 g/mol. The predicted molar refractivity (Wildman–Crippen MR) is 85.9 cm³/mol. The van der Waals surface area contributed by atoms with Crippen LogP contribution in [-0.2, 0) is 9.59 Å². The van der Waals surface area contributed by atoms with Crippen molar-refractivity contribution in [3.63, 3.8) is 0 Å². The van der Waals surface area contributed by atoms with Crippen molar-refractivity contribution in [1.82, 2.24) is 4.98 Å². The molecule has 1 N–H and O–H groups in total. The fourth-order valence-electron chi connectivity index (χ4n) is 2.79. The first kappa shape index (κ1) is 15.0. The molecule has 1 atom stereocenters. The second kappa shape index (κ2) is 6.04. The number of hydrogen-bond donors (Lipinski definition) is 1. The van der Waals surface area contributed by atoms with Crippen molar-refractivity contribution in [3.05, 3.63) is 71.8 Å². The molecule has 5 heteroatoms. The molecule has 0 radical (unpaired) electrons. The number of Topliss-reactive ketones (excluding diaryl/α,β-unsaturated/α-hetero) is 1. The molecule has 0 saturated carbocycles. The third kappa shape index (κ3) is 2.50. The molecule has 3 rings (SSSR count). The van der Waals surface area contributed by atoms with Crippen LogP contribution in [0.3, 0.4) is 0 Å². The Hall–Kier alpha value is -2.95. The third-order valence-corrected chi connectivity index (χ3v) is 3.86. The van der Waals surface area contributed by atoms with Gasteiger partial charge in [0.15, 0.2) is 11.5 Å². The first-order valence-corrected chi connectivity index (χ1v) is 7.40. The van der Waals surface area contributed by atoms with Gasteiger partial charge in [0.25, 0.3) is 5.91 Å². The summed E-state index contributed by atoms with van der Waals surface area (Å²) in [6, 6.07) is 11.9. The number of ketones is 1. The highest BCUT2D eigenvalue weighted by atomic mass is 16.3. The Kier molecular flexibility index (Phi) is 3.93. The van der Waals surface area contributed by atoms with Gasteiger partial charge in [-0.1, -0.05) is 31.2 Å². The van der Waals surface area contributed by atoms with E-state index >= 15 is 0 Å². The summed E-state index contributed by atoms with van der Waals surface area (Å²) in [4.78, 5) is 30.4. The fourth-order valence-corrected chi connectivity index (χ4v) is 2.79. The molecule has 0 bridgehead atoms. The molecule has 1 amide bonds. The minimum atomic E-state index is -0.661. The number of benzene rings is 1. The zero-order valence-electron chi connectivity index (χ0n) is 12.6. The smallest absolute Gasteiger partial charge is 0.294 e. The summed E-state index contributed by atoms with van der Waals surface area (Å²) in [5.74, 6) is -1.29. The monoisotopic (exact) mass is 308 g/mol. The lowest BCUT2D eigenvalue weighted by atomic mass is 9.96. The number of hydrogen-bond acceptors (Lipinski definition) is 4. The summed E-state index contributed by atoms with van der Waals surface area (Å²) < 4.78 is 0. The molecule has 5 nitrogen and oxygen atoms in total. The zero-order chi connectivity index (χ0) is 16.4. The standard InChI is InChI=1S/C18H16N2O3/c1-2-14(21)15-16(12-7-6-10-19-11-12)20(18(23)17(15)22)13-8-4-3-5-9-13/h3-11,16,22H,2H2,1H3. The Morgan fingerprint density at radius 2 is 1.96 bits per heavy atom. The Balaban J connectivity index is 2.17. The molecule has 116 valence electrons. The number of nitrogens with zero attached hydrogens (tertiary/aromatic N) is 2. The van der Waals surface area contributed by atoms with Crippen LogP contribution >= 0.6 is 0 Å². The van der Waals surface area contributed by atoms with Gasteiger partial charge in [0.05, 0.1) is 11.6 Å². The quantitative estimate of drug-likeness (QED) is 0.942. The van der Waals surface area contributed by atoms with E-state index in [1.165, 1.54) is 4.90 Å². The number of rotatable bonds is 4. The number of carbonyl (C=O) groups excluding carboxylic acids is 2. The van der Waals surface area contributed by atoms with Crippen molar-refractivity contribution in [2.45, 2.75) is 19.4 Å². The summed E-state index contributed by atoms with van der Waals surface area (Å²) >= 11 is 0. The highest BCUT2D eigenvalue weighted by Crippen LogP contribution is 2.40. The molecule has 0 fully saturated rings. The predicted octanol–water partition coefficient (Wildman–Crippen LogP) is 2.96. The molecule has 1 aliphatic rings. The number of pyridine rings is 1. The maximum Gasteiger partial charge on any atom is 0.294 e. The molecular formula is C18H16N2O3. The second-order valence-corrected chi connectivity index (χ2v) is 5.24. The van der Waals surface area contributed by atoms with Gasteiger partial charge < -0.3 is 5.11 Å². The highest BCUT2D eigenvalue weighted by Gasteiger charge is 2.43. The first-order valence-electron chi connectivity index (χ1n) is 7.40. The van der Waals surface area contributed by atoms with Gasteiger partial charge in [0, 0.05) is 24.5 Å². The van der Waals surface area contributed by atoms with Crippen LogP contribution in [0.2, 0.25) is 0 Å². The molecule has 23 heavy (non-hydrogen) atoms. The highest BCUT2D eigenvalue weighted by molar-refractivity contribution is 6.16. The molecule has 0 saturated heterocycles. The van der Waals surface area contributed by atoms with Crippen LogP contribution in [0, 0.1) is 0 Å². The van der Waals surface area contributed by atoms with Crippen LogP contribution in [0.25, 0.3) is 0 Å². The summed E-state index contributed by atoms with van der Waals surface area (Å²) in [5.41, 5.74) is 1.44. The Bertz CT molecular complexity index is 769. The van der Waals surface area contributed by atoms with Gasteiger partial charge in [-0.05, 0) is 23.8 Å². The van der Waals surface area contributed by atoms with E-state index in [9.17, 15) is 14.7 Å². The van der Waals surface area contributed by atoms with Gasteiger partial charge in [-0.2, -0.15) is 0 Å². The van der Waals surface area contributed by atoms with Gasteiger partial charge in [0.1, 0.15) is 0 Å². The van der Waals surface area contributed by atoms with E-state index in [0.717, 1.165) is 0 Å². The SMILES string of the molecule is CCC(=O)C1=C(O)C(=O)N(c2ccccc2)C1c1cccnc1. The molecule has 0 aliphatic carbocycles. The van der Waals surface area contributed by atoms with Gasteiger partial charge in [0.2, 0.25) is 0 Å². The van der Waals surface area contributed by atoms with Gasteiger partial charge in [-0.15, -0.1) is 0 Å². The Morgan fingerprint density at radius 3 is 2.57 bits per heavy atom. The molecule has 0 spiro atoms. The van der Waals surface area contributed by atoms with Gasteiger partial charge in [-0.3, -0.25) is 19.5 Å². The molecule has 2 heterocycles. The average Bonchev–Trinajstić information content (AvgIpc) is 2.87. The van der Waals surface area contributed by atoms with E-state index in [1.54, 1.807) is 55.7 Å². The second-order valence-electron chi connectivity index (χ2n) is 5.24. The van der Waals surface area contributed by atoms with Crippen LogP contribution < -0.4 is 4.90 Å². The number of amides is 1. The maximum absolute atomic E-state index is 12.6. The van der Waals surface area contributed by atoms with E-state index in [4.69, 9.17) is 0 Å². The summed E-state index contributed by atoms with van der Waals surface area (Å²) in [5, 5.41) is 10.3.